The zero-order valence-corrected chi connectivity index (χ0v) is 22.5. The van der Waals surface area contributed by atoms with Crippen LogP contribution in [0.2, 0.25) is 0 Å². The van der Waals surface area contributed by atoms with E-state index >= 15 is 0 Å². The van der Waals surface area contributed by atoms with Crippen LogP contribution < -0.4 is 10.6 Å². The lowest BCUT2D eigenvalue weighted by atomic mass is 10.1. The van der Waals surface area contributed by atoms with Crippen molar-refractivity contribution in [3.63, 3.8) is 0 Å². The molecule has 2 aromatic rings. The Bertz CT molecular complexity index is 1110. The minimum atomic E-state index is -0.427. The number of esters is 1. The molecule has 1 atom stereocenters. The van der Waals surface area contributed by atoms with Gasteiger partial charge in [-0.3, -0.25) is 14.3 Å². The molecule has 0 unspecified atom stereocenters. The van der Waals surface area contributed by atoms with E-state index in [-0.39, 0.29) is 24.3 Å². The third-order valence-corrected chi connectivity index (χ3v) is 6.90. The number of carbonyl (C=O) groups excluding carboxylic acids is 3. The fourth-order valence-electron chi connectivity index (χ4n) is 4.82. The van der Waals surface area contributed by atoms with Crippen LogP contribution in [0.3, 0.4) is 0 Å². The van der Waals surface area contributed by atoms with Crippen molar-refractivity contribution in [3.8, 4) is 0 Å². The molecule has 2 aliphatic rings. The molecule has 3 heterocycles. The first-order valence-corrected chi connectivity index (χ1v) is 13.7. The van der Waals surface area contributed by atoms with Gasteiger partial charge in [0.05, 0.1) is 29.1 Å². The summed E-state index contributed by atoms with van der Waals surface area (Å²) in [6.45, 7) is 9.54. The maximum Gasteiger partial charge on any atom is 0.338 e. The normalized spacial score (nSPS) is 17.6. The van der Waals surface area contributed by atoms with Crippen molar-refractivity contribution in [2.75, 3.05) is 52.5 Å². The molecule has 206 valence electrons. The topological polar surface area (TPSA) is 115 Å². The average molecular weight is 526 g/mol. The molecule has 1 saturated heterocycles. The summed E-state index contributed by atoms with van der Waals surface area (Å²) in [5.41, 5.74) is 3.35. The van der Waals surface area contributed by atoms with Crippen LogP contribution in [-0.2, 0) is 28.9 Å². The van der Waals surface area contributed by atoms with Crippen LogP contribution >= 0.6 is 0 Å². The van der Waals surface area contributed by atoms with Crippen LogP contribution in [0.1, 0.15) is 69.2 Å². The number of piperazine rings is 1. The van der Waals surface area contributed by atoms with Gasteiger partial charge in [-0.15, -0.1) is 0 Å². The van der Waals surface area contributed by atoms with E-state index in [0.29, 0.717) is 68.9 Å². The predicted molar refractivity (Wildman–Crippen MR) is 142 cm³/mol. The molecule has 2 N–H and O–H groups in total. The van der Waals surface area contributed by atoms with Crippen LogP contribution in [0.5, 0.6) is 0 Å². The number of ether oxygens (including phenoxy) is 2. The van der Waals surface area contributed by atoms with Crippen LogP contribution in [0.4, 0.5) is 0 Å². The van der Waals surface area contributed by atoms with E-state index in [4.69, 9.17) is 14.6 Å². The van der Waals surface area contributed by atoms with Crippen LogP contribution in [0.15, 0.2) is 24.3 Å². The van der Waals surface area contributed by atoms with Gasteiger partial charge in [-0.1, -0.05) is 13.8 Å². The van der Waals surface area contributed by atoms with Gasteiger partial charge in [-0.2, -0.15) is 5.10 Å². The van der Waals surface area contributed by atoms with Gasteiger partial charge in [0.1, 0.15) is 0 Å². The smallest absolute Gasteiger partial charge is 0.338 e. The van der Waals surface area contributed by atoms with E-state index in [0.717, 1.165) is 37.3 Å². The molecular formula is C28H39N5O5. The summed E-state index contributed by atoms with van der Waals surface area (Å²) < 4.78 is 13.2. The highest BCUT2D eigenvalue weighted by Gasteiger charge is 2.24. The zero-order valence-electron chi connectivity index (χ0n) is 22.5. The SMILES string of the molecule is CCc1nn(C[C@@H](C)COC(=O)c2ccc(C(=O)N3CCNCC3)cc2)c2c1C(=O)NCCCOCCC2. The highest BCUT2D eigenvalue weighted by molar-refractivity contribution is 5.97. The van der Waals surface area contributed by atoms with Gasteiger partial charge in [0.2, 0.25) is 0 Å². The third kappa shape index (κ3) is 6.99. The number of carbonyl (C=O) groups is 3. The van der Waals surface area contributed by atoms with Gasteiger partial charge in [0.25, 0.3) is 11.8 Å². The quantitative estimate of drug-likeness (QED) is 0.532. The molecule has 10 heteroatoms. The fraction of sp³-hybridized carbons (Fsp3) is 0.571. The molecule has 0 bridgehead atoms. The highest BCUT2D eigenvalue weighted by atomic mass is 16.5. The number of fused-ring (bicyclic) bond motifs is 1. The number of aromatic nitrogens is 2. The molecule has 2 aliphatic heterocycles. The third-order valence-electron chi connectivity index (χ3n) is 6.90. The summed E-state index contributed by atoms with van der Waals surface area (Å²) in [5, 5.41) is 11.0. The van der Waals surface area contributed by atoms with Gasteiger partial charge in [0, 0.05) is 64.0 Å². The second kappa shape index (κ2) is 13.5. The maximum absolute atomic E-state index is 12.9. The Balaban J connectivity index is 1.36. The molecule has 2 amide bonds. The van der Waals surface area contributed by atoms with Gasteiger partial charge < -0.3 is 25.0 Å². The number of benzene rings is 1. The molecule has 0 spiro atoms. The van der Waals surface area contributed by atoms with Crippen molar-refractivity contribution in [1.29, 1.82) is 0 Å². The standard InChI is InChI=1S/C28H39N5O5/c1-3-23-25-24(6-4-16-37-17-5-11-30-26(25)34)33(31-23)18-20(2)19-38-28(36)22-9-7-21(8-10-22)27(35)32-14-12-29-13-15-32/h7-10,20,29H,3-6,11-19H2,1-2H3,(H,30,34)/t20-/m1/s1. The van der Waals surface area contributed by atoms with Crippen molar-refractivity contribution in [2.45, 2.75) is 46.1 Å². The summed E-state index contributed by atoms with van der Waals surface area (Å²) in [4.78, 5) is 40.1. The number of nitrogens with one attached hydrogen (secondary N) is 2. The van der Waals surface area contributed by atoms with Gasteiger partial charge >= 0.3 is 5.97 Å². The monoisotopic (exact) mass is 525 g/mol. The average Bonchev–Trinajstić information content (AvgIpc) is 3.28. The summed E-state index contributed by atoms with van der Waals surface area (Å²) in [6.07, 6.45) is 2.96. The van der Waals surface area contributed by atoms with Crippen LogP contribution in [0.25, 0.3) is 0 Å². The second-order valence-electron chi connectivity index (χ2n) is 9.95. The van der Waals surface area contributed by atoms with Crippen LogP contribution in [-0.4, -0.2) is 85.0 Å². The predicted octanol–water partition coefficient (Wildman–Crippen LogP) is 2.07. The molecule has 0 radical (unpaired) electrons. The van der Waals surface area contributed by atoms with Crippen molar-refractivity contribution >= 4 is 17.8 Å². The molecular weight excluding hydrogens is 486 g/mol. The summed E-state index contributed by atoms with van der Waals surface area (Å²) in [6, 6.07) is 6.64. The first kappa shape index (κ1) is 27.8. The van der Waals surface area contributed by atoms with E-state index < -0.39 is 5.97 Å². The van der Waals surface area contributed by atoms with E-state index in [9.17, 15) is 14.4 Å². The summed E-state index contributed by atoms with van der Waals surface area (Å²) >= 11 is 0. The Morgan fingerprint density at radius 2 is 1.79 bits per heavy atom. The van der Waals surface area contributed by atoms with E-state index in [1.54, 1.807) is 24.3 Å². The molecule has 10 nitrogen and oxygen atoms in total. The molecule has 38 heavy (non-hydrogen) atoms. The molecule has 0 aliphatic carbocycles. The Hall–Kier alpha value is -3.24. The summed E-state index contributed by atoms with van der Waals surface area (Å²) in [5.74, 6) is -0.548. The minimum absolute atomic E-state index is 0.0151. The fourth-order valence-corrected chi connectivity index (χ4v) is 4.82. The second-order valence-corrected chi connectivity index (χ2v) is 9.95. The Labute approximate surface area is 224 Å². The van der Waals surface area contributed by atoms with E-state index in [1.165, 1.54) is 0 Å². The van der Waals surface area contributed by atoms with E-state index in [1.807, 2.05) is 23.4 Å². The lowest BCUT2D eigenvalue weighted by Gasteiger charge is -2.27. The first-order valence-electron chi connectivity index (χ1n) is 13.7. The van der Waals surface area contributed by atoms with Crippen molar-refractivity contribution in [3.05, 3.63) is 52.3 Å². The Morgan fingerprint density at radius 1 is 1.08 bits per heavy atom. The maximum atomic E-state index is 12.9. The number of aryl methyl sites for hydroxylation is 1. The Morgan fingerprint density at radius 3 is 2.53 bits per heavy atom. The minimum Gasteiger partial charge on any atom is -0.462 e. The van der Waals surface area contributed by atoms with Crippen molar-refractivity contribution < 1.29 is 23.9 Å². The zero-order chi connectivity index (χ0) is 26.9. The van der Waals surface area contributed by atoms with Gasteiger partial charge in [0.15, 0.2) is 0 Å². The number of nitrogens with zero attached hydrogens (tertiary/aromatic N) is 3. The number of hydrogen-bond acceptors (Lipinski definition) is 7. The molecule has 1 fully saturated rings. The number of rotatable bonds is 7. The molecule has 0 saturated carbocycles. The Kier molecular flexibility index (Phi) is 9.89. The number of amides is 2. The molecule has 1 aromatic heterocycles. The summed E-state index contributed by atoms with van der Waals surface area (Å²) in [7, 11) is 0. The van der Waals surface area contributed by atoms with Crippen molar-refractivity contribution in [1.82, 2.24) is 25.3 Å². The van der Waals surface area contributed by atoms with Crippen LogP contribution in [0, 0.1) is 5.92 Å². The largest absolute Gasteiger partial charge is 0.462 e. The van der Waals surface area contributed by atoms with Crippen molar-refractivity contribution in [2.24, 2.45) is 5.92 Å². The van der Waals surface area contributed by atoms with E-state index in [2.05, 4.69) is 10.6 Å². The number of hydrogen-bond donors (Lipinski definition) is 2. The molecule has 4 rings (SSSR count). The van der Waals surface area contributed by atoms with Gasteiger partial charge in [-0.05, 0) is 49.9 Å². The lowest BCUT2D eigenvalue weighted by Crippen LogP contribution is -2.46. The lowest BCUT2D eigenvalue weighted by molar-refractivity contribution is 0.0435. The first-order chi connectivity index (χ1) is 18.5. The van der Waals surface area contributed by atoms with Gasteiger partial charge in [-0.25, -0.2) is 4.79 Å². The molecule has 1 aromatic carbocycles. The highest BCUT2D eigenvalue weighted by Crippen LogP contribution is 2.20.